The van der Waals surface area contributed by atoms with E-state index in [-0.39, 0.29) is 19.0 Å². The van der Waals surface area contributed by atoms with E-state index in [4.69, 9.17) is 28.4 Å². The first-order chi connectivity index (χ1) is 14.2. The lowest BCUT2D eigenvalue weighted by Crippen LogP contribution is -2.60. The second-order valence-electron chi connectivity index (χ2n) is 6.89. The maximum absolute atomic E-state index is 13.1. The predicted molar refractivity (Wildman–Crippen MR) is 102 cm³/mol. The Labute approximate surface area is 169 Å². The maximum Gasteiger partial charge on any atom is 0.198 e. The van der Waals surface area contributed by atoms with Crippen LogP contribution in [-0.4, -0.2) is 51.2 Å². The summed E-state index contributed by atoms with van der Waals surface area (Å²) in [6.45, 7) is 0.495. The Kier molecular flexibility index (Phi) is 6.22. The van der Waals surface area contributed by atoms with Crippen LogP contribution in [0.3, 0.4) is 0 Å². The van der Waals surface area contributed by atoms with Crippen LogP contribution in [0.25, 0.3) is 0 Å². The number of ether oxygens (including phenoxy) is 6. The zero-order valence-corrected chi connectivity index (χ0v) is 16.4. The number of hydrogen-bond donors (Lipinski definition) is 0. The second-order valence-corrected chi connectivity index (χ2v) is 6.89. The fraction of sp³-hybridized carbons (Fsp3) is 0.409. The summed E-state index contributed by atoms with van der Waals surface area (Å²) in [5.41, 5.74) is 1.76. The lowest BCUT2D eigenvalue weighted by molar-refractivity contribution is -0.318. The molecule has 0 aromatic heterocycles. The molecule has 0 N–H and O–H groups in total. The molecule has 0 spiro atoms. The van der Waals surface area contributed by atoms with Crippen LogP contribution in [0.4, 0.5) is 0 Å². The molecule has 2 heterocycles. The van der Waals surface area contributed by atoms with E-state index in [9.17, 15) is 4.79 Å². The molecule has 2 fully saturated rings. The van der Waals surface area contributed by atoms with Crippen LogP contribution >= 0.6 is 0 Å². The van der Waals surface area contributed by atoms with Gasteiger partial charge in [-0.1, -0.05) is 42.5 Å². The van der Waals surface area contributed by atoms with Crippen LogP contribution in [0, 0.1) is 0 Å². The molecule has 154 valence electrons. The molecule has 0 bridgehead atoms. The molecule has 2 aromatic rings. The molecule has 0 saturated carbocycles. The first kappa shape index (κ1) is 20.0. The summed E-state index contributed by atoms with van der Waals surface area (Å²) in [5.74, 6) is 0.530. The predicted octanol–water partition coefficient (Wildman–Crippen LogP) is 2.64. The number of Topliss-reactive ketones (excluding diaryl/α,β-unsaturated/α-hetero) is 1. The third-order valence-electron chi connectivity index (χ3n) is 5.03. The Hall–Kier alpha value is -2.29. The Morgan fingerprint density at radius 2 is 1.76 bits per heavy atom. The fourth-order valence-electron chi connectivity index (χ4n) is 3.47. The third kappa shape index (κ3) is 4.34. The highest BCUT2D eigenvalue weighted by Crippen LogP contribution is 2.34. The van der Waals surface area contributed by atoms with Gasteiger partial charge in [0, 0.05) is 12.7 Å². The summed E-state index contributed by atoms with van der Waals surface area (Å²) in [5, 5.41) is 0. The molecule has 2 saturated heterocycles. The first-order valence-corrected chi connectivity index (χ1v) is 9.48. The summed E-state index contributed by atoms with van der Waals surface area (Å²) in [6.07, 6.45) is -3.68. The van der Waals surface area contributed by atoms with E-state index in [1.165, 1.54) is 7.11 Å². The van der Waals surface area contributed by atoms with Gasteiger partial charge in [-0.3, -0.25) is 4.79 Å². The molecule has 0 aliphatic carbocycles. The molecule has 2 aliphatic heterocycles. The molecule has 2 aliphatic rings. The molecular weight excluding hydrogens is 376 g/mol. The topological polar surface area (TPSA) is 72.5 Å². The van der Waals surface area contributed by atoms with E-state index < -0.39 is 30.9 Å². The number of carbonyl (C=O) groups is 1. The van der Waals surface area contributed by atoms with Crippen LogP contribution in [0.15, 0.2) is 54.6 Å². The van der Waals surface area contributed by atoms with E-state index in [0.717, 1.165) is 16.9 Å². The van der Waals surface area contributed by atoms with Crippen molar-refractivity contribution in [3.05, 3.63) is 65.7 Å². The van der Waals surface area contributed by atoms with Crippen molar-refractivity contribution in [1.82, 2.24) is 0 Å². The van der Waals surface area contributed by atoms with Gasteiger partial charge in [-0.2, -0.15) is 0 Å². The number of fused-ring (bicyclic) bond motifs is 1. The maximum atomic E-state index is 13.1. The van der Waals surface area contributed by atoms with E-state index in [1.807, 2.05) is 54.6 Å². The quantitative estimate of drug-likeness (QED) is 0.738. The molecule has 7 heteroatoms. The fourth-order valence-corrected chi connectivity index (χ4v) is 3.47. The smallest absolute Gasteiger partial charge is 0.198 e. The Morgan fingerprint density at radius 3 is 2.45 bits per heavy atom. The van der Waals surface area contributed by atoms with Crippen molar-refractivity contribution in [2.24, 2.45) is 0 Å². The highest BCUT2D eigenvalue weighted by Gasteiger charge is 2.50. The second kappa shape index (κ2) is 9.02. The largest absolute Gasteiger partial charge is 0.497 e. The summed E-state index contributed by atoms with van der Waals surface area (Å²) >= 11 is 0. The van der Waals surface area contributed by atoms with Gasteiger partial charge in [-0.25, -0.2) is 0 Å². The van der Waals surface area contributed by atoms with Gasteiger partial charge < -0.3 is 28.4 Å². The minimum absolute atomic E-state index is 0.203. The van der Waals surface area contributed by atoms with Crippen molar-refractivity contribution >= 4 is 5.78 Å². The number of rotatable bonds is 6. The van der Waals surface area contributed by atoms with E-state index in [0.29, 0.717) is 0 Å². The van der Waals surface area contributed by atoms with Crippen molar-refractivity contribution < 1.29 is 33.2 Å². The SMILES string of the molecule is COc1ccc([C@@H]2OC[C@@H]3O[C@H](OC)[C@@H](OCc4ccccc4)C(=O)[C@H]3O2)cc1. The van der Waals surface area contributed by atoms with Gasteiger partial charge in [0.15, 0.2) is 30.6 Å². The highest BCUT2D eigenvalue weighted by molar-refractivity contribution is 5.89. The van der Waals surface area contributed by atoms with Crippen molar-refractivity contribution in [3.8, 4) is 5.75 Å². The molecule has 0 unspecified atom stereocenters. The Morgan fingerprint density at radius 1 is 1.00 bits per heavy atom. The monoisotopic (exact) mass is 400 g/mol. The zero-order valence-electron chi connectivity index (χ0n) is 16.4. The van der Waals surface area contributed by atoms with Gasteiger partial charge in [0.1, 0.15) is 11.9 Å². The van der Waals surface area contributed by atoms with Gasteiger partial charge in [0.05, 0.1) is 20.3 Å². The summed E-state index contributed by atoms with van der Waals surface area (Å²) in [4.78, 5) is 13.1. The van der Waals surface area contributed by atoms with Crippen LogP contribution in [-0.2, 0) is 35.1 Å². The minimum Gasteiger partial charge on any atom is -0.497 e. The van der Waals surface area contributed by atoms with Crippen LogP contribution < -0.4 is 4.74 Å². The summed E-state index contributed by atoms with van der Waals surface area (Å²) in [7, 11) is 3.09. The molecule has 29 heavy (non-hydrogen) atoms. The normalized spacial score (nSPS) is 29.3. The van der Waals surface area contributed by atoms with Crippen LogP contribution in [0.1, 0.15) is 17.4 Å². The minimum atomic E-state index is -0.879. The van der Waals surface area contributed by atoms with Crippen molar-refractivity contribution in [2.45, 2.75) is 37.5 Å². The number of hydrogen-bond acceptors (Lipinski definition) is 7. The number of methoxy groups -OCH3 is 2. The average molecular weight is 400 g/mol. The Balaban J connectivity index is 1.46. The zero-order chi connectivity index (χ0) is 20.2. The molecule has 7 nitrogen and oxygen atoms in total. The van der Waals surface area contributed by atoms with Crippen molar-refractivity contribution in [2.75, 3.05) is 20.8 Å². The third-order valence-corrected chi connectivity index (χ3v) is 5.03. The van der Waals surface area contributed by atoms with Gasteiger partial charge in [0.25, 0.3) is 0 Å². The Bertz CT molecular complexity index is 808. The van der Waals surface area contributed by atoms with E-state index >= 15 is 0 Å². The molecular formula is C22H24O7. The lowest BCUT2D eigenvalue weighted by atomic mass is 9.99. The molecule has 2 aromatic carbocycles. The lowest BCUT2D eigenvalue weighted by Gasteiger charge is -2.43. The summed E-state index contributed by atoms with van der Waals surface area (Å²) < 4.78 is 34.0. The first-order valence-electron chi connectivity index (χ1n) is 9.48. The number of benzene rings is 2. The molecule has 4 rings (SSSR count). The summed E-state index contributed by atoms with van der Waals surface area (Å²) in [6, 6.07) is 17.0. The van der Waals surface area contributed by atoms with Crippen LogP contribution in [0.2, 0.25) is 0 Å². The standard InChI is InChI=1S/C22H24O7/c1-24-16-10-8-15(9-11-16)21-27-13-17-19(29-21)18(23)20(22(25-2)28-17)26-12-14-6-4-3-5-7-14/h3-11,17,19-22H,12-13H2,1-2H3/t17-,19-,20-,21+,22-/m0/s1. The molecule has 5 atom stereocenters. The number of ketones is 1. The molecule has 0 radical (unpaired) electrons. The van der Waals surface area contributed by atoms with Crippen LogP contribution in [0.5, 0.6) is 5.75 Å². The van der Waals surface area contributed by atoms with Crippen molar-refractivity contribution in [3.63, 3.8) is 0 Å². The van der Waals surface area contributed by atoms with Gasteiger partial charge in [-0.05, 0) is 17.7 Å². The number of carbonyl (C=O) groups excluding carboxylic acids is 1. The van der Waals surface area contributed by atoms with E-state index in [2.05, 4.69) is 0 Å². The molecule has 0 amide bonds. The van der Waals surface area contributed by atoms with Crippen molar-refractivity contribution in [1.29, 1.82) is 0 Å². The van der Waals surface area contributed by atoms with Gasteiger partial charge in [-0.15, -0.1) is 0 Å². The highest BCUT2D eigenvalue weighted by atomic mass is 16.8. The van der Waals surface area contributed by atoms with Gasteiger partial charge in [0.2, 0.25) is 0 Å². The van der Waals surface area contributed by atoms with Gasteiger partial charge >= 0.3 is 0 Å². The van der Waals surface area contributed by atoms with E-state index in [1.54, 1.807) is 7.11 Å². The average Bonchev–Trinajstić information content (AvgIpc) is 2.79.